The number of fused-ring (bicyclic) bond motifs is 7. The molecule has 1 heterocycles. The van der Waals surface area contributed by atoms with Crippen molar-refractivity contribution in [2.75, 3.05) is 0 Å². The first-order chi connectivity index (χ1) is 23.3. The fourth-order valence-corrected chi connectivity index (χ4v) is 11.0. The quantitative estimate of drug-likeness (QED) is 0.309. The van der Waals surface area contributed by atoms with E-state index < -0.39 is 0 Å². The van der Waals surface area contributed by atoms with Gasteiger partial charge in [-0.25, -0.2) is 0 Å². The van der Waals surface area contributed by atoms with Crippen molar-refractivity contribution in [1.29, 1.82) is 0 Å². The van der Waals surface area contributed by atoms with Crippen LogP contribution in [0, 0.1) is 35.5 Å². The van der Waals surface area contributed by atoms with Gasteiger partial charge in [-0.15, -0.1) is 0 Å². The van der Waals surface area contributed by atoms with E-state index >= 15 is 0 Å². The standard InChI is InChI=1S/C46H46O/c1-2-12-32-27-33(26-23-29(32)11-1)30-21-24-31(25-22-30)43-36-15-5-7-17-38(36)44(39-18-8-6-16-37(39)43)46-35-14-4-3-13-34(35)28-42-45(46)40-19-9-10-20-41(40)47-42/h1-3,5,7,9,11-13,15-19,21,23,26,31-32,34-36,43,46H,4,6,8,10,14,20,22,24-25,27-28H2. The molecule has 7 unspecified atom stereocenters. The van der Waals surface area contributed by atoms with Crippen molar-refractivity contribution in [1.82, 2.24) is 0 Å². The summed E-state index contributed by atoms with van der Waals surface area (Å²) in [6.45, 7) is 0. The molecule has 1 nitrogen and oxygen atoms in total. The van der Waals surface area contributed by atoms with E-state index in [2.05, 4.69) is 103 Å². The highest BCUT2D eigenvalue weighted by Gasteiger charge is 2.48. The largest absolute Gasteiger partial charge is 0.465 e. The first-order valence-corrected chi connectivity index (χ1v) is 18.7. The van der Waals surface area contributed by atoms with Crippen LogP contribution in [0.15, 0.2) is 141 Å². The molecule has 47 heavy (non-hydrogen) atoms. The van der Waals surface area contributed by atoms with Crippen molar-refractivity contribution in [3.05, 3.63) is 159 Å². The predicted molar refractivity (Wildman–Crippen MR) is 194 cm³/mol. The normalized spacial score (nSPS) is 34.6. The van der Waals surface area contributed by atoms with Gasteiger partial charge in [-0.05, 0) is 120 Å². The zero-order valence-electron chi connectivity index (χ0n) is 27.5. The summed E-state index contributed by atoms with van der Waals surface area (Å²) in [5.74, 6) is 6.39. The summed E-state index contributed by atoms with van der Waals surface area (Å²) in [5, 5.41) is 0. The van der Waals surface area contributed by atoms with Crippen molar-refractivity contribution in [2.24, 2.45) is 35.5 Å². The smallest absolute Gasteiger partial charge is 0.112 e. The Labute approximate surface area is 280 Å². The van der Waals surface area contributed by atoms with Crippen LogP contribution < -0.4 is 0 Å². The number of hydrogen-bond donors (Lipinski definition) is 0. The monoisotopic (exact) mass is 614 g/mol. The van der Waals surface area contributed by atoms with Crippen molar-refractivity contribution in [3.8, 4) is 0 Å². The Balaban J connectivity index is 1.05. The topological polar surface area (TPSA) is 13.1 Å². The van der Waals surface area contributed by atoms with Crippen LogP contribution in [0.2, 0.25) is 0 Å². The average Bonchev–Trinajstić information content (AvgIpc) is 3.51. The molecule has 1 heteroatoms. The molecular weight excluding hydrogens is 569 g/mol. The van der Waals surface area contributed by atoms with Gasteiger partial charge in [-0.1, -0.05) is 103 Å². The highest BCUT2D eigenvalue weighted by Crippen LogP contribution is 2.60. The van der Waals surface area contributed by atoms with Gasteiger partial charge in [0.25, 0.3) is 0 Å². The molecule has 1 aromatic rings. The van der Waals surface area contributed by atoms with Gasteiger partial charge in [0, 0.05) is 41.7 Å². The molecule has 9 aliphatic carbocycles. The molecule has 0 spiro atoms. The highest BCUT2D eigenvalue weighted by atomic mass is 16.3. The first kappa shape index (κ1) is 28.2. The Morgan fingerprint density at radius 3 is 2.60 bits per heavy atom. The van der Waals surface area contributed by atoms with Gasteiger partial charge < -0.3 is 4.42 Å². The lowest BCUT2D eigenvalue weighted by Crippen LogP contribution is -2.38. The maximum atomic E-state index is 6.78. The van der Waals surface area contributed by atoms with Crippen LogP contribution in [0.5, 0.6) is 0 Å². The van der Waals surface area contributed by atoms with E-state index in [1.54, 1.807) is 39.0 Å². The minimum absolute atomic E-state index is 0.407. The summed E-state index contributed by atoms with van der Waals surface area (Å²) in [6, 6.07) is 0. The lowest BCUT2D eigenvalue weighted by molar-refractivity contribution is 0.263. The van der Waals surface area contributed by atoms with Crippen molar-refractivity contribution in [3.63, 3.8) is 0 Å². The van der Waals surface area contributed by atoms with Gasteiger partial charge >= 0.3 is 0 Å². The molecule has 0 aromatic carbocycles. The lowest BCUT2D eigenvalue weighted by Gasteiger charge is -2.48. The molecule has 0 saturated carbocycles. The SMILES string of the molecule is C1=CC2=CC=C(C3=CCC(C4C5=CCCC=C5C(C5c6c(oc7c6C=CCC7)CC6C=CCCC65)=C5C=CC=CC54)CC3)CC2C=C1. The molecule has 0 radical (unpaired) electrons. The lowest BCUT2D eigenvalue weighted by atomic mass is 9.55. The highest BCUT2D eigenvalue weighted by molar-refractivity contribution is 5.69. The summed E-state index contributed by atoms with van der Waals surface area (Å²) in [6.07, 6.45) is 54.3. The van der Waals surface area contributed by atoms with Gasteiger partial charge in [-0.2, -0.15) is 0 Å². The zero-order chi connectivity index (χ0) is 30.9. The maximum absolute atomic E-state index is 6.78. The van der Waals surface area contributed by atoms with Gasteiger partial charge in [0.2, 0.25) is 0 Å². The Hall–Kier alpha value is -3.84. The number of hydrogen-bond acceptors (Lipinski definition) is 1. The fourth-order valence-electron chi connectivity index (χ4n) is 11.0. The number of rotatable bonds is 3. The molecule has 0 bridgehead atoms. The molecular formula is C46H46O. The van der Waals surface area contributed by atoms with Crippen LogP contribution in [0.3, 0.4) is 0 Å². The van der Waals surface area contributed by atoms with Gasteiger partial charge in [-0.3, -0.25) is 0 Å². The molecule has 0 N–H and O–H groups in total. The van der Waals surface area contributed by atoms with E-state index in [-0.39, 0.29) is 0 Å². The molecule has 10 rings (SSSR count). The van der Waals surface area contributed by atoms with Crippen LogP contribution in [0.25, 0.3) is 6.08 Å². The summed E-state index contributed by atoms with van der Waals surface area (Å²) in [7, 11) is 0. The number of furan rings is 1. The summed E-state index contributed by atoms with van der Waals surface area (Å²) in [5.41, 5.74) is 14.2. The molecule has 0 fully saturated rings. The molecule has 0 saturated heterocycles. The number of aryl methyl sites for hydroxylation is 1. The third-order valence-electron chi connectivity index (χ3n) is 13.1. The Bertz CT molecular complexity index is 1890. The Morgan fingerprint density at radius 1 is 0.702 bits per heavy atom. The van der Waals surface area contributed by atoms with Crippen LogP contribution in [0.1, 0.15) is 86.4 Å². The van der Waals surface area contributed by atoms with Crippen LogP contribution >= 0.6 is 0 Å². The average molecular weight is 615 g/mol. The summed E-state index contributed by atoms with van der Waals surface area (Å²) in [4.78, 5) is 0. The third kappa shape index (κ3) is 4.56. The van der Waals surface area contributed by atoms with E-state index in [1.807, 2.05) is 0 Å². The second-order valence-corrected chi connectivity index (χ2v) is 15.4. The predicted octanol–water partition coefficient (Wildman–Crippen LogP) is 11.5. The van der Waals surface area contributed by atoms with E-state index in [0.29, 0.717) is 41.4 Å². The Kier molecular flexibility index (Phi) is 6.84. The van der Waals surface area contributed by atoms with Crippen molar-refractivity contribution in [2.45, 2.75) is 76.5 Å². The molecule has 236 valence electrons. The fraction of sp³-hybridized carbons (Fsp3) is 0.391. The second-order valence-electron chi connectivity index (χ2n) is 15.4. The van der Waals surface area contributed by atoms with E-state index in [4.69, 9.17) is 4.42 Å². The van der Waals surface area contributed by atoms with Gasteiger partial charge in [0.15, 0.2) is 0 Å². The minimum atomic E-state index is 0.407. The van der Waals surface area contributed by atoms with E-state index in [1.165, 1.54) is 61.2 Å². The molecule has 7 atom stereocenters. The Morgan fingerprint density at radius 2 is 1.64 bits per heavy atom. The zero-order valence-corrected chi connectivity index (χ0v) is 27.5. The van der Waals surface area contributed by atoms with Crippen LogP contribution in [-0.4, -0.2) is 0 Å². The van der Waals surface area contributed by atoms with E-state index in [0.717, 1.165) is 32.1 Å². The summed E-state index contributed by atoms with van der Waals surface area (Å²) >= 11 is 0. The summed E-state index contributed by atoms with van der Waals surface area (Å²) < 4.78 is 6.78. The third-order valence-corrected chi connectivity index (χ3v) is 13.1. The molecule has 1 aromatic heterocycles. The van der Waals surface area contributed by atoms with Crippen molar-refractivity contribution < 1.29 is 4.42 Å². The van der Waals surface area contributed by atoms with Crippen molar-refractivity contribution >= 4 is 6.08 Å². The first-order valence-electron chi connectivity index (χ1n) is 18.7. The van der Waals surface area contributed by atoms with Crippen LogP contribution in [0.4, 0.5) is 0 Å². The van der Waals surface area contributed by atoms with Crippen LogP contribution in [-0.2, 0) is 12.8 Å². The number of allylic oxidation sites excluding steroid dienone is 23. The molecule has 9 aliphatic rings. The maximum Gasteiger partial charge on any atom is 0.112 e. The second kappa shape index (κ2) is 11.4. The van der Waals surface area contributed by atoms with Gasteiger partial charge in [0.05, 0.1) is 0 Å². The van der Waals surface area contributed by atoms with E-state index in [9.17, 15) is 0 Å². The van der Waals surface area contributed by atoms with Gasteiger partial charge in [0.1, 0.15) is 11.5 Å². The molecule has 0 amide bonds. The molecule has 0 aliphatic heterocycles. The minimum Gasteiger partial charge on any atom is -0.465 e.